The van der Waals surface area contributed by atoms with Gasteiger partial charge in [0, 0.05) is 12.1 Å². The predicted octanol–water partition coefficient (Wildman–Crippen LogP) is 2.64. The van der Waals surface area contributed by atoms with E-state index in [1.165, 1.54) is 0 Å². The third-order valence-electron chi connectivity index (χ3n) is 3.00. The minimum absolute atomic E-state index is 0.0172. The number of aliphatic hydroxyl groups is 1. The second-order valence-electron chi connectivity index (χ2n) is 6.20. The molecule has 0 fully saturated rings. The Morgan fingerprint density at radius 3 is 2.53 bits per heavy atom. The predicted molar refractivity (Wildman–Crippen MR) is 79.6 cm³/mol. The number of aryl methyl sites for hydroxylation is 1. The van der Waals surface area contributed by atoms with Crippen LogP contribution in [0.3, 0.4) is 0 Å². The molecule has 1 aromatic carbocycles. The van der Waals surface area contributed by atoms with Crippen LogP contribution < -0.4 is 5.32 Å². The van der Waals surface area contributed by atoms with E-state index in [1.807, 2.05) is 12.1 Å². The number of hydrogen-bond donors (Lipinski definition) is 3. The van der Waals surface area contributed by atoms with Crippen molar-refractivity contribution >= 4 is 0 Å². The van der Waals surface area contributed by atoms with Crippen molar-refractivity contribution in [3.8, 4) is 5.75 Å². The lowest BCUT2D eigenvalue weighted by Crippen LogP contribution is -2.41. The van der Waals surface area contributed by atoms with Crippen molar-refractivity contribution < 1.29 is 10.2 Å². The molecular weight excluding hydrogens is 238 g/mol. The fraction of sp³-hybridized carbons (Fsp3) is 0.625. The first kappa shape index (κ1) is 16.0. The number of aromatic hydroxyl groups is 1. The van der Waals surface area contributed by atoms with E-state index in [0.29, 0.717) is 18.7 Å². The molecule has 0 aliphatic heterocycles. The number of benzene rings is 1. The zero-order valence-corrected chi connectivity index (χ0v) is 12.5. The van der Waals surface area contributed by atoms with Gasteiger partial charge in [-0.2, -0.15) is 0 Å². The van der Waals surface area contributed by atoms with Gasteiger partial charge in [-0.1, -0.05) is 25.5 Å². The van der Waals surface area contributed by atoms with E-state index in [2.05, 4.69) is 33.0 Å². The second-order valence-corrected chi connectivity index (χ2v) is 6.20. The van der Waals surface area contributed by atoms with Crippen LogP contribution in [0.25, 0.3) is 0 Å². The molecule has 3 heteroatoms. The molecule has 0 heterocycles. The van der Waals surface area contributed by atoms with Gasteiger partial charge in [0.25, 0.3) is 0 Å². The van der Waals surface area contributed by atoms with E-state index in [1.54, 1.807) is 6.07 Å². The third kappa shape index (κ3) is 6.08. The van der Waals surface area contributed by atoms with Gasteiger partial charge in [-0.15, -0.1) is 0 Å². The first-order chi connectivity index (χ1) is 8.81. The topological polar surface area (TPSA) is 52.5 Å². The maximum absolute atomic E-state index is 10.0. The van der Waals surface area contributed by atoms with Gasteiger partial charge in [0.05, 0.1) is 6.10 Å². The van der Waals surface area contributed by atoms with Crippen molar-refractivity contribution in [3.63, 3.8) is 0 Å². The Morgan fingerprint density at radius 2 is 1.95 bits per heavy atom. The maximum Gasteiger partial charge on any atom is 0.118 e. The Kier molecular flexibility index (Phi) is 5.83. The lowest BCUT2D eigenvalue weighted by Gasteiger charge is -2.23. The summed E-state index contributed by atoms with van der Waals surface area (Å²) in [5.74, 6) is 0.355. The summed E-state index contributed by atoms with van der Waals surface area (Å²) < 4.78 is 0. The highest BCUT2D eigenvalue weighted by Gasteiger charge is 2.13. The minimum atomic E-state index is -0.404. The summed E-state index contributed by atoms with van der Waals surface area (Å²) in [4.78, 5) is 0. The van der Waals surface area contributed by atoms with E-state index in [-0.39, 0.29) is 5.54 Å². The van der Waals surface area contributed by atoms with Gasteiger partial charge in [0.2, 0.25) is 0 Å². The normalized spacial score (nSPS) is 13.5. The zero-order valence-electron chi connectivity index (χ0n) is 12.5. The van der Waals surface area contributed by atoms with E-state index < -0.39 is 6.10 Å². The number of β-amino-alcohol motifs (C(OH)–C–C–N with tert-alkyl or cyclic N) is 1. The first-order valence-electron chi connectivity index (χ1n) is 7.05. The van der Waals surface area contributed by atoms with Crippen LogP contribution in [-0.2, 0) is 12.8 Å². The number of hydrogen-bond acceptors (Lipinski definition) is 3. The van der Waals surface area contributed by atoms with E-state index in [9.17, 15) is 10.2 Å². The number of nitrogens with one attached hydrogen (secondary N) is 1. The highest BCUT2D eigenvalue weighted by Crippen LogP contribution is 2.20. The van der Waals surface area contributed by atoms with Crippen molar-refractivity contribution in [2.45, 2.75) is 58.6 Å². The largest absolute Gasteiger partial charge is 0.508 e. The molecule has 108 valence electrons. The number of rotatable bonds is 6. The quantitative estimate of drug-likeness (QED) is 0.741. The zero-order chi connectivity index (χ0) is 14.5. The number of phenolic OH excluding ortho intramolecular Hbond substituents is 1. The molecule has 1 unspecified atom stereocenters. The third-order valence-corrected chi connectivity index (χ3v) is 3.00. The molecule has 0 aromatic heterocycles. The number of phenols is 1. The smallest absolute Gasteiger partial charge is 0.118 e. The molecule has 0 amide bonds. The van der Waals surface area contributed by atoms with Crippen LogP contribution in [-0.4, -0.2) is 28.4 Å². The Labute approximate surface area is 116 Å². The highest BCUT2D eigenvalue weighted by molar-refractivity contribution is 5.36. The maximum atomic E-state index is 10.0. The van der Waals surface area contributed by atoms with Crippen LogP contribution in [0.2, 0.25) is 0 Å². The van der Waals surface area contributed by atoms with Crippen LogP contribution in [0, 0.1) is 0 Å². The molecule has 1 atom stereocenters. The fourth-order valence-electron chi connectivity index (χ4n) is 2.00. The van der Waals surface area contributed by atoms with Crippen LogP contribution in [0.5, 0.6) is 5.75 Å². The van der Waals surface area contributed by atoms with Gasteiger partial charge >= 0.3 is 0 Å². The lowest BCUT2D eigenvalue weighted by molar-refractivity contribution is 0.161. The second kappa shape index (κ2) is 6.92. The van der Waals surface area contributed by atoms with Crippen molar-refractivity contribution in [2.24, 2.45) is 0 Å². The summed E-state index contributed by atoms with van der Waals surface area (Å²) in [7, 11) is 0. The molecular formula is C16H27NO2. The van der Waals surface area contributed by atoms with Crippen LogP contribution in [0.15, 0.2) is 18.2 Å². The molecule has 3 nitrogen and oxygen atoms in total. The van der Waals surface area contributed by atoms with Crippen LogP contribution in [0.1, 0.15) is 45.2 Å². The minimum Gasteiger partial charge on any atom is -0.508 e. The Balaban J connectivity index is 2.59. The summed E-state index contributed by atoms with van der Waals surface area (Å²) in [5.41, 5.74) is 2.06. The molecule has 1 aromatic rings. The van der Waals surface area contributed by atoms with E-state index in [4.69, 9.17) is 0 Å². The van der Waals surface area contributed by atoms with Gasteiger partial charge in [0.15, 0.2) is 0 Å². The summed E-state index contributed by atoms with van der Waals surface area (Å²) >= 11 is 0. The molecule has 3 N–H and O–H groups in total. The van der Waals surface area contributed by atoms with E-state index in [0.717, 1.165) is 24.0 Å². The van der Waals surface area contributed by atoms with Gasteiger partial charge in [-0.25, -0.2) is 0 Å². The molecule has 0 aliphatic rings. The first-order valence-corrected chi connectivity index (χ1v) is 7.05. The van der Waals surface area contributed by atoms with Crippen molar-refractivity contribution in [1.29, 1.82) is 0 Å². The molecule has 1 rings (SSSR count). The standard InChI is InChI=1S/C16H27NO2/c1-5-6-13-9-12(7-8-15(13)19)10-14(18)11-17-16(2,3)4/h7-9,14,17-19H,5-6,10-11H2,1-4H3. The Morgan fingerprint density at radius 1 is 1.26 bits per heavy atom. The van der Waals surface area contributed by atoms with Gasteiger partial charge in [-0.05, 0) is 50.8 Å². The fourth-order valence-corrected chi connectivity index (χ4v) is 2.00. The van der Waals surface area contributed by atoms with Crippen LogP contribution in [0.4, 0.5) is 0 Å². The average Bonchev–Trinajstić information content (AvgIpc) is 2.30. The summed E-state index contributed by atoms with van der Waals surface area (Å²) in [6.45, 7) is 8.92. The molecule has 19 heavy (non-hydrogen) atoms. The lowest BCUT2D eigenvalue weighted by atomic mass is 10.0. The van der Waals surface area contributed by atoms with Crippen LogP contribution >= 0.6 is 0 Å². The summed E-state index contributed by atoms with van der Waals surface area (Å²) in [6, 6.07) is 5.61. The van der Waals surface area contributed by atoms with Crippen molar-refractivity contribution in [2.75, 3.05) is 6.54 Å². The molecule has 0 saturated heterocycles. The molecule has 0 bridgehead atoms. The molecule has 0 aliphatic carbocycles. The van der Waals surface area contributed by atoms with Gasteiger partial charge in [0.1, 0.15) is 5.75 Å². The van der Waals surface area contributed by atoms with Gasteiger partial charge in [-0.3, -0.25) is 0 Å². The SMILES string of the molecule is CCCc1cc(CC(O)CNC(C)(C)C)ccc1O. The van der Waals surface area contributed by atoms with Crippen molar-refractivity contribution in [1.82, 2.24) is 5.32 Å². The molecule has 0 saturated carbocycles. The molecule has 0 spiro atoms. The Bertz CT molecular complexity index is 396. The van der Waals surface area contributed by atoms with E-state index >= 15 is 0 Å². The molecule has 0 radical (unpaired) electrons. The highest BCUT2D eigenvalue weighted by atomic mass is 16.3. The number of aliphatic hydroxyl groups excluding tert-OH is 1. The Hall–Kier alpha value is -1.06. The average molecular weight is 265 g/mol. The summed E-state index contributed by atoms with van der Waals surface area (Å²) in [5, 5.41) is 23.1. The summed E-state index contributed by atoms with van der Waals surface area (Å²) in [6.07, 6.45) is 2.08. The van der Waals surface area contributed by atoms with Gasteiger partial charge < -0.3 is 15.5 Å². The monoisotopic (exact) mass is 265 g/mol. The van der Waals surface area contributed by atoms with Crippen molar-refractivity contribution in [3.05, 3.63) is 29.3 Å².